The van der Waals surface area contributed by atoms with Gasteiger partial charge in [-0.3, -0.25) is 5.43 Å². The predicted octanol–water partition coefficient (Wildman–Crippen LogP) is -0.596. The molecule has 126 valence electrons. The predicted molar refractivity (Wildman–Crippen MR) is 83.8 cm³/mol. The van der Waals surface area contributed by atoms with Crippen LogP contribution in [0.3, 0.4) is 0 Å². The third-order valence-corrected chi connectivity index (χ3v) is 3.29. The quantitative estimate of drug-likeness (QED) is 0.466. The lowest BCUT2D eigenvalue weighted by Crippen LogP contribution is -2.36. The molecule has 0 saturated carbocycles. The van der Waals surface area contributed by atoms with Crippen LogP contribution < -0.4 is 15.8 Å². The van der Waals surface area contributed by atoms with E-state index in [1.807, 2.05) is 0 Å². The van der Waals surface area contributed by atoms with Crippen molar-refractivity contribution in [3.8, 4) is 0 Å². The summed E-state index contributed by atoms with van der Waals surface area (Å²) in [4.78, 5) is 21.6. The van der Waals surface area contributed by atoms with Gasteiger partial charge in [-0.15, -0.1) is 5.10 Å². The zero-order valence-electron chi connectivity index (χ0n) is 12.7. The minimum atomic E-state index is -1.15. The van der Waals surface area contributed by atoms with Crippen LogP contribution in [-0.2, 0) is 9.53 Å². The highest BCUT2D eigenvalue weighted by Gasteiger charge is 2.13. The molecule has 11 nitrogen and oxygen atoms in total. The molecule has 0 amide bonds. The fraction of sp³-hybridized carbons (Fsp3) is 0.308. The molecule has 2 aromatic heterocycles. The highest BCUT2D eigenvalue weighted by molar-refractivity contribution is 6.08. The van der Waals surface area contributed by atoms with Gasteiger partial charge < -0.3 is 20.2 Å². The lowest BCUT2D eigenvalue weighted by Gasteiger charge is -2.27. The smallest absolute Gasteiger partial charge is 0.356 e. The summed E-state index contributed by atoms with van der Waals surface area (Å²) in [5.74, 6) is 0.133. The third-order valence-electron chi connectivity index (χ3n) is 3.29. The molecule has 3 N–H and O–H groups in total. The van der Waals surface area contributed by atoms with Gasteiger partial charge in [0.1, 0.15) is 18.0 Å². The number of carboxylic acids is 1. The molecule has 3 rings (SSSR count). The van der Waals surface area contributed by atoms with Crippen LogP contribution in [0.2, 0.25) is 0 Å². The Morgan fingerprint density at radius 1 is 1.33 bits per heavy atom. The number of hydrogen-bond acceptors (Lipinski definition) is 9. The first-order chi connectivity index (χ1) is 11.7. The molecule has 0 unspecified atom stereocenters. The summed E-state index contributed by atoms with van der Waals surface area (Å²) in [5, 5.41) is 16.4. The first kappa shape index (κ1) is 15.7. The van der Waals surface area contributed by atoms with Crippen molar-refractivity contribution in [3.05, 3.63) is 31.0 Å². The largest absolute Gasteiger partial charge is 0.476 e. The molecule has 1 aliphatic rings. The number of carboxylic acid groups (broad SMARTS) is 1. The third kappa shape index (κ3) is 3.76. The minimum Gasteiger partial charge on any atom is -0.476 e. The Hall–Kier alpha value is -3.21. The van der Waals surface area contributed by atoms with E-state index in [1.165, 1.54) is 24.9 Å². The molecular formula is C13H16N8O3. The summed E-state index contributed by atoms with van der Waals surface area (Å²) in [6.45, 7) is 2.85. The number of nitrogens with one attached hydrogen (secondary N) is 2. The Morgan fingerprint density at radius 3 is 2.88 bits per heavy atom. The number of rotatable bonds is 6. The summed E-state index contributed by atoms with van der Waals surface area (Å²) in [5.41, 5.74) is 5.40. The van der Waals surface area contributed by atoms with Gasteiger partial charge >= 0.3 is 5.97 Å². The Morgan fingerprint density at radius 2 is 2.17 bits per heavy atom. The summed E-state index contributed by atoms with van der Waals surface area (Å²) >= 11 is 0. The van der Waals surface area contributed by atoms with Crippen LogP contribution in [0.15, 0.2) is 31.0 Å². The second-order valence-electron chi connectivity index (χ2n) is 4.81. The zero-order chi connectivity index (χ0) is 16.8. The number of hydrazine groups is 1. The van der Waals surface area contributed by atoms with Crippen LogP contribution in [0.4, 0.5) is 11.6 Å². The lowest BCUT2D eigenvalue weighted by molar-refractivity contribution is -0.130. The number of ether oxygens (including phenoxy) is 1. The van der Waals surface area contributed by atoms with Gasteiger partial charge in [-0.1, -0.05) is 5.21 Å². The highest BCUT2D eigenvalue weighted by Crippen LogP contribution is 2.14. The minimum absolute atomic E-state index is 0.0949. The summed E-state index contributed by atoms with van der Waals surface area (Å²) in [7, 11) is 0. The molecule has 0 spiro atoms. The zero-order valence-corrected chi connectivity index (χ0v) is 12.7. The van der Waals surface area contributed by atoms with Crippen LogP contribution in [0.1, 0.15) is 0 Å². The van der Waals surface area contributed by atoms with Crippen molar-refractivity contribution in [2.24, 2.45) is 0 Å². The van der Waals surface area contributed by atoms with Crippen molar-refractivity contribution in [1.29, 1.82) is 0 Å². The molecule has 0 atom stereocenters. The SMILES string of the molecule is O=C(O)C(=CNNc1cc(N2CCOCC2)ncn1)n1ccnn1. The van der Waals surface area contributed by atoms with Gasteiger partial charge in [-0.25, -0.2) is 19.4 Å². The van der Waals surface area contributed by atoms with Gasteiger partial charge in [-0.2, -0.15) is 0 Å². The van der Waals surface area contributed by atoms with Crippen LogP contribution >= 0.6 is 0 Å². The molecule has 2 aromatic rings. The fourth-order valence-electron chi connectivity index (χ4n) is 2.12. The van der Waals surface area contributed by atoms with Crippen molar-refractivity contribution in [3.63, 3.8) is 0 Å². The molecule has 24 heavy (non-hydrogen) atoms. The molecule has 1 aliphatic heterocycles. The number of nitrogens with zero attached hydrogens (tertiary/aromatic N) is 6. The molecule has 1 fully saturated rings. The van der Waals surface area contributed by atoms with E-state index < -0.39 is 5.97 Å². The molecular weight excluding hydrogens is 316 g/mol. The lowest BCUT2D eigenvalue weighted by atomic mass is 10.4. The molecule has 0 bridgehead atoms. The molecule has 3 heterocycles. The average Bonchev–Trinajstić information content (AvgIpc) is 3.13. The second kappa shape index (κ2) is 7.37. The second-order valence-corrected chi connectivity index (χ2v) is 4.81. The van der Waals surface area contributed by atoms with E-state index in [0.717, 1.165) is 23.6 Å². The molecule has 0 radical (unpaired) electrons. The first-order valence-corrected chi connectivity index (χ1v) is 7.20. The molecule has 1 saturated heterocycles. The van der Waals surface area contributed by atoms with Gasteiger partial charge in [0.2, 0.25) is 0 Å². The van der Waals surface area contributed by atoms with E-state index in [0.29, 0.717) is 19.0 Å². The van der Waals surface area contributed by atoms with E-state index in [1.54, 1.807) is 6.07 Å². The standard InChI is InChI=1S/C13H16N8O3/c22-13(23)10(21-2-1-16-19-21)8-17-18-11-7-12(15-9-14-11)20-3-5-24-6-4-20/h1-2,7-9,17H,3-6H2,(H,22,23)(H,14,15,18). The number of hydrogen-bond donors (Lipinski definition) is 3. The van der Waals surface area contributed by atoms with E-state index in [9.17, 15) is 9.90 Å². The monoisotopic (exact) mass is 332 g/mol. The van der Waals surface area contributed by atoms with Crippen molar-refractivity contribution < 1.29 is 14.6 Å². The summed E-state index contributed by atoms with van der Waals surface area (Å²) in [6.07, 6.45) is 5.52. The normalized spacial score (nSPS) is 15.2. The van der Waals surface area contributed by atoms with E-state index in [2.05, 4.69) is 36.0 Å². The number of morpholine rings is 1. The van der Waals surface area contributed by atoms with Crippen molar-refractivity contribution in [2.45, 2.75) is 0 Å². The van der Waals surface area contributed by atoms with Gasteiger partial charge in [-0.05, 0) is 0 Å². The van der Waals surface area contributed by atoms with E-state index >= 15 is 0 Å². The Labute approximate surface area is 136 Å². The average molecular weight is 332 g/mol. The number of aliphatic carboxylic acids is 1. The van der Waals surface area contributed by atoms with Crippen LogP contribution in [-0.4, -0.2) is 62.3 Å². The number of anilines is 2. The van der Waals surface area contributed by atoms with Gasteiger partial charge in [0, 0.05) is 19.2 Å². The fourth-order valence-corrected chi connectivity index (χ4v) is 2.12. The maximum atomic E-state index is 11.2. The Kier molecular flexibility index (Phi) is 4.81. The van der Waals surface area contributed by atoms with Gasteiger partial charge in [0.15, 0.2) is 5.70 Å². The van der Waals surface area contributed by atoms with Crippen LogP contribution in [0.25, 0.3) is 5.70 Å². The van der Waals surface area contributed by atoms with E-state index in [4.69, 9.17) is 4.74 Å². The topological polar surface area (TPSA) is 130 Å². The maximum Gasteiger partial charge on any atom is 0.356 e. The first-order valence-electron chi connectivity index (χ1n) is 7.20. The van der Waals surface area contributed by atoms with Gasteiger partial charge in [0.05, 0.1) is 31.8 Å². The maximum absolute atomic E-state index is 11.2. The Bertz CT molecular complexity index is 712. The molecule has 11 heteroatoms. The highest BCUT2D eigenvalue weighted by atomic mass is 16.5. The number of carbonyl (C=O) groups is 1. The van der Waals surface area contributed by atoms with Gasteiger partial charge in [0.25, 0.3) is 0 Å². The van der Waals surface area contributed by atoms with Crippen LogP contribution in [0, 0.1) is 0 Å². The van der Waals surface area contributed by atoms with Crippen molar-refractivity contribution >= 4 is 23.3 Å². The number of aromatic nitrogens is 5. The van der Waals surface area contributed by atoms with Crippen LogP contribution in [0.5, 0.6) is 0 Å². The molecule has 0 aromatic carbocycles. The van der Waals surface area contributed by atoms with E-state index in [-0.39, 0.29) is 5.70 Å². The summed E-state index contributed by atoms with van der Waals surface area (Å²) < 4.78 is 6.45. The van der Waals surface area contributed by atoms with Crippen molar-refractivity contribution in [1.82, 2.24) is 30.4 Å². The Balaban J connectivity index is 1.65. The summed E-state index contributed by atoms with van der Waals surface area (Å²) in [6, 6.07) is 1.77. The molecule has 0 aliphatic carbocycles. The van der Waals surface area contributed by atoms with Crippen molar-refractivity contribution in [2.75, 3.05) is 36.6 Å².